The summed E-state index contributed by atoms with van der Waals surface area (Å²) in [6, 6.07) is 4.93. The van der Waals surface area contributed by atoms with E-state index in [1.807, 2.05) is 0 Å². The van der Waals surface area contributed by atoms with Gasteiger partial charge in [-0.3, -0.25) is 9.36 Å². The maximum atomic E-state index is 12.5. The second-order valence-electron chi connectivity index (χ2n) is 4.14. The normalized spacial score (nSPS) is 14.1. The van der Waals surface area contributed by atoms with Crippen LogP contribution in [0.5, 0.6) is 0 Å². The molecule has 4 nitrogen and oxygen atoms in total. The standard InChI is InChI=1S/C13H12Cl2N2O2/c1-13(19-2,12(18)17-6-5-16-8-17)10-4-3-9(14)7-11(10)15/h3-8H,1-2H3. The number of ether oxygens (including phenoxy) is 1. The summed E-state index contributed by atoms with van der Waals surface area (Å²) in [5.74, 6) is -0.281. The molecule has 0 spiro atoms. The summed E-state index contributed by atoms with van der Waals surface area (Å²) < 4.78 is 6.76. The molecule has 6 heteroatoms. The first-order valence-corrected chi connectivity index (χ1v) is 6.28. The van der Waals surface area contributed by atoms with Crippen molar-refractivity contribution in [2.75, 3.05) is 7.11 Å². The summed E-state index contributed by atoms with van der Waals surface area (Å²) in [6.07, 6.45) is 4.50. The molecule has 0 amide bonds. The number of methoxy groups -OCH3 is 1. The molecule has 1 atom stereocenters. The van der Waals surface area contributed by atoms with Crippen LogP contribution < -0.4 is 0 Å². The van der Waals surface area contributed by atoms with Crippen molar-refractivity contribution in [3.8, 4) is 0 Å². The summed E-state index contributed by atoms with van der Waals surface area (Å²) in [4.78, 5) is 16.4. The van der Waals surface area contributed by atoms with Gasteiger partial charge in [-0.05, 0) is 19.1 Å². The van der Waals surface area contributed by atoms with E-state index >= 15 is 0 Å². The van der Waals surface area contributed by atoms with E-state index in [-0.39, 0.29) is 5.91 Å². The lowest BCUT2D eigenvalue weighted by Gasteiger charge is -2.27. The van der Waals surface area contributed by atoms with Gasteiger partial charge < -0.3 is 4.74 Å². The minimum atomic E-state index is -1.21. The lowest BCUT2D eigenvalue weighted by atomic mass is 9.94. The predicted molar refractivity (Wildman–Crippen MR) is 73.7 cm³/mol. The number of benzene rings is 1. The number of nitrogens with zero attached hydrogens (tertiary/aromatic N) is 2. The average Bonchev–Trinajstić information content (AvgIpc) is 2.90. The SMILES string of the molecule is COC(C)(C(=O)n1ccnc1)c1ccc(Cl)cc1Cl. The number of rotatable bonds is 3. The van der Waals surface area contributed by atoms with Crippen molar-refractivity contribution in [3.63, 3.8) is 0 Å². The fraction of sp³-hybridized carbons (Fsp3) is 0.231. The molecule has 0 aliphatic heterocycles. The van der Waals surface area contributed by atoms with Gasteiger partial charge in [0.1, 0.15) is 6.33 Å². The molecule has 19 heavy (non-hydrogen) atoms. The van der Waals surface area contributed by atoms with Gasteiger partial charge in [0, 0.05) is 35.1 Å². The molecular formula is C13H12Cl2N2O2. The largest absolute Gasteiger partial charge is 0.364 e. The lowest BCUT2D eigenvalue weighted by Crippen LogP contribution is -2.38. The van der Waals surface area contributed by atoms with E-state index in [0.29, 0.717) is 15.6 Å². The third-order valence-electron chi connectivity index (χ3n) is 3.00. The van der Waals surface area contributed by atoms with Crippen LogP contribution in [0.15, 0.2) is 36.9 Å². The molecule has 100 valence electrons. The van der Waals surface area contributed by atoms with Crippen molar-refractivity contribution in [1.82, 2.24) is 9.55 Å². The van der Waals surface area contributed by atoms with E-state index in [0.717, 1.165) is 0 Å². The molecule has 1 unspecified atom stereocenters. The van der Waals surface area contributed by atoms with Crippen LogP contribution in [0.1, 0.15) is 17.3 Å². The third kappa shape index (κ3) is 2.52. The summed E-state index contributed by atoms with van der Waals surface area (Å²) in [5, 5.41) is 0.882. The minimum absolute atomic E-state index is 0.281. The molecule has 0 saturated heterocycles. The second-order valence-corrected chi connectivity index (χ2v) is 4.98. The summed E-state index contributed by atoms with van der Waals surface area (Å²) in [7, 11) is 1.46. The first-order valence-electron chi connectivity index (χ1n) is 5.52. The highest BCUT2D eigenvalue weighted by Gasteiger charge is 2.38. The molecule has 1 aromatic heterocycles. The van der Waals surface area contributed by atoms with Gasteiger partial charge in [0.05, 0.1) is 0 Å². The molecule has 0 fully saturated rings. The third-order valence-corrected chi connectivity index (χ3v) is 3.55. The van der Waals surface area contributed by atoms with E-state index in [1.54, 1.807) is 31.3 Å². The molecular weight excluding hydrogens is 287 g/mol. The Labute approximate surface area is 120 Å². The number of hydrogen-bond donors (Lipinski definition) is 0. The first-order chi connectivity index (χ1) is 8.99. The Morgan fingerprint density at radius 3 is 2.68 bits per heavy atom. The zero-order valence-corrected chi connectivity index (χ0v) is 11.9. The van der Waals surface area contributed by atoms with Crippen LogP contribution >= 0.6 is 23.2 Å². The van der Waals surface area contributed by atoms with Crippen molar-refractivity contribution in [3.05, 3.63) is 52.5 Å². The van der Waals surface area contributed by atoms with Crippen molar-refractivity contribution in [2.24, 2.45) is 0 Å². The topological polar surface area (TPSA) is 44.1 Å². The second kappa shape index (κ2) is 5.33. The Balaban J connectivity index is 2.50. The van der Waals surface area contributed by atoms with Crippen molar-refractivity contribution in [1.29, 1.82) is 0 Å². The summed E-state index contributed by atoms with van der Waals surface area (Å²) in [6.45, 7) is 1.66. The molecule has 1 heterocycles. The van der Waals surface area contributed by atoms with Gasteiger partial charge in [-0.1, -0.05) is 29.3 Å². The number of hydrogen-bond acceptors (Lipinski definition) is 3. The minimum Gasteiger partial charge on any atom is -0.364 e. The Hall–Kier alpha value is -1.36. The van der Waals surface area contributed by atoms with Crippen LogP contribution in [0.25, 0.3) is 0 Å². The molecule has 2 rings (SSSR count). The summed E-state index contributed by atoms with van der Waals surface area (Å²) in [5.41, 5.74) is -0.651. The maximum Gasteiger partial charge on any atom is 0.268 e. The van der Waals surface area contributed by atoms with Crippen LogP contribution in [0.2, 0.25) is 10.0 Å². The van der Waals surface area contributed by atoms with Gasteiger partial charge in [-0.15, -0.1) is 0 Å². The molecule has 0 aliphatic rings. The van der Waals surface area contributed by atoms with Crippen molar-refractivity contribution >= 4 is 29.1 Å². The highest BCUT2D eigenvalue weighted by atomic mass is 35.5. The fourth-order valence-corrected chi connectivity index (χ4v) is 2.40. The first kappa shape index (κ1) is 14.1. The Kier molecular flexibility index (Phi) is 3.94. The van der Waals surface area contributed by atoms with Gasteiger partial charge in [-0.25, -0.2) is 4.98 Å². The monoisotopic (exact) mass is 298 g/mol. The van der Waals surface area contributed by atoms with E-state index in [4.69, 9.17) is 27.9 Å². The number of halogens is 2. The van der Waals surface area contributed by atoms with Gasteiger partial charge in [0.2, 0.25) is 0 Å². The van der Waals surface area contributed by atoms with E-state index in [1.165, 1.54) is 24.2 Å². The van der Waals surface area contributed by atoms with Crippen LogP contribution in [-0.2, 0) is 10.3 Å². The van der Waals surface area contributed by atoms with Crippen LogP contribution in [0.3, 0.4) is 0 Å². The predicted octanol–water partition coefficient (Wildman–Crippen LogP) is 3.39. The van der Waals surface area contributed by atoms with Gasteiger partial charge in [0.15, 0.2) is 5.60 Å². The molecule has 0 N–H and O–H groups in total. The summed E-state index contributed by atoms with van der Waals surface area (Å²) >= 11 is 12.0. The Bertz CT molecular complexity index is 599. The fourth-order valence-electron chi connectivity index (χ4n) is 1.81. The average molecular weight is 299 g/mol. The Morgan fingerprint density at radius 2 is 2.16 bits per heavy atom. The van der Waals surface area contributed by atoms with Gasteiger partial charge in [0.25, 0.3) is 5.91 Å². The highest BCUT2D eigenvalue weighted by molar-refractivity contribution is 6.35. The Morgan fingerprint density at radius 1 is 1.42 bits per heavy atom. The number of carbonyl (C=O) groups excluding carboxylic acids is 1. The highest BCUT2D eigenvalue weighted by Crippen LogP contribution is 2.34. The zero-order valence-electron chi connectivity index (χ0n) is 10.4. The van der Waals surface area contributed by atoms with Crippen molar-refractivity contribution < 1.29 is 9.53 Å². The van der Waals surface area contributed by atoms with E-state index < -0.39 is 5.60 Å². The lowest BCUT2D eigenvalue weighted by molar-refractivity contribution is 0.00213. The molecule has 0 bridgehead atoms. The van der Waals surface area contributed by atoms with Crippen LogP contribution in [0.4, 0.5) is 0 Å². The van der Waals surface area contributed by atoms with Crippen molar-refractivity contribution in [2.45, 2.75) is 12.5 Å². The van der Waals surface area contributed by atoms with E-state index in [9.17, 15) is 4.79 Å². The smallest absolute Gasteiger partial charge is 0.268 e. The van der Waals surface area contributed by atoms with Crippen LogP contribution in [-0.4, -0.2) is 22.6 Å². The molecule has 0 aliphatic carbocycles. The number of aromatic nitrogens is 2. The molecule has 0 radical (unpaired) electrons. The maximum absolute atomic E-state index is 12.5. The molecule has 2 aromatic rings. The van der Waals surface area contributed by atoms with E-state index in [2.05, 4.69) is 4.98 Å². The number of imidazole rings is 1. The molecule has 1 aromatic carbocycles. The van der Waals surface area contributed by atoms with Gasteiger partial charge >= 0.3 is 0 Å². The zero-order chi connectivity index (χ0) is 14.0. The molecule has 0 saturated carbocycles. The van der Waals surface area contributed by atoms with Gasteiger partial charge in [-0.2, -0.15) is 0 Å². The van der Waals surface area contributed by atoms with Crippen LogP contribution in [0, 0.1) is 0 Å². The quantitative estimate of drug-likeness (QED) is 0.872. The number of carbonyl (C=O) groups is 1.